The number of aliphatic hydroxyl groups is 1. The summed E-state index contributed by atoms with van der Waals surface area (Å²) in [6.07, 6.45) is 2.39. The zero-order chi connectivity index (χ0) is 19.6. The average molecular weight is 381 g/mol. The second-order valence-electron chi connectivity index (χ2n) is 7.74. The Kier molecular flexibility index (Phi) is 4.74. The first kappa shape index (κ1) is 17.9. The molecule has 144 valence electrons. The second kappa shape index (κ2) is 7.69. The lowest BCUT2D eigenvalue weighted by molar-refractivity contribution is 0.0934. The zero-order valence-electron chi connectivity index (χ0n) is 16.2. The maximum Gasteiger partial charge on any atom is 0.219 e. The Morgan fingerprint density at radius 1 is 0.897 bits per heavy atom. The molecule has 5 rings (SSSR count). The lowest BCUT2D eigenvalue weighted by Crippen LogP contribution is -2.22. The van der Waals surface area contributed by atoms with Crippen LogP contribution >= 0.6 is 0 Å². The number of para-hydroxylation sites is 1. The van der Waals surface area contributed by atoms with Crippen LogP contribution in [0, 0.1) is 5.92 Å². The van der Waals surface area contributed by atoms with Crippen LogP contribution in [-0.2, 0) is 12.8 Å². The number of hydrogen-bond donors (Lipinski definition) is 1. The molecule has 0 amide bonds. The minimum atomic E-state index is -0.480. The lowest BCUT2D eigenvalue weighted by atomic mass is 9.78. The van der Waals surface area contributed by atoms with Gasteiger partial charge in [0.25, 0.3) is 0 Å². The van der Waals surface area contributed by atoms with E-state index in [1.807, 2.05) is 54.6 Å². The van der Waals surface area contributed by atoms with Crippen LogP contribution in [-0.4, -0.2) is 10.1 Å². The number of aromatic nitrogens is 1. The lowest BCUT2D eigenvalue weighted by Gasteiger charge is -2.30. The van der Waals surface area contributed by atoms with E-state index in [1.54, 1.807) is 0 Å². The van der Waals surface area contributed by atoms with Crippen molar-refractivity contribution < 1.29 is 9.84 Å². The van der Waals surface area contributed by atoms with Crippen molar-refractivity contribution in [1.29, 1.82) is 0 Å². The number of benzene rings is 3. The van der Waals surface area contributed by atoms with Crippen LogP contribution in [0.3, 0.4) is 0 Å². The van der Waals surface area contributed by atoms with Gasteiger partial charge in [0, 0.05) is 11.5 Å². The van der Waals surface area contributed by atoms with E-state index < -0.39 is 6.10 Å². The van der Waals surface area contributed by atoms with Crippen molar-refractivity contribution in [2.24, 2.45) is 5.92 Å². The highest BCUT2D eigenvalue weighted by Crippen LogP contribution is 2.38. The molecule has 1 aliphatic carbocycles. The van der Waals surface area contributed by atoms with Crippen molar-refractivity contribution in [3.05, 3.63) is 102 Å². The molecule has 3 nitrogen and oxygen atoms in total. The highest BCUT2D eigenvalue weighted by molar-refractivity contribution is 5.78. The predicted octanol–water partition coefficient (Wildman–Crippen LogP) is 5.87. The van der Waals surface area contributed by atoms with Gasteiger partial charge in [0.1, 0.15) is 5.75 Å². The van der Waals surface area contributed by atoms with Gasteiger partial charge in [-0.15, -0.1) is 0 Å². The summed E-state index contributed by atoms with van der Waals surface area (Å²) >= 11 is 0. The maximum atomic E-state index is 11.0. The second-order valence-corrected chi connectivity index (χ2v) is 7.74. The van der Waals surface area contributed by atoms with Crippen molar-refractivity contribution >= 4 is 10.9 Å². The minimum Gasteiger partial charge on any atom is -0.439 e. The molecule has 2 unspecified atom stereocenters. The van der Waals surface area contributed by atoms with Gasteiger partial charge in [-0.1, -0.05) is 54.6 Å². The Bertz CT molecular complexity index is 1140. The summed E-state index contributed by atoms with van der Waals surface area (Å²) in [6, 6.07) is 28.3. The largest absolute Gasteiger partial charge is 0.439 e. The summed E-state index contributed by atoms with van der Waals surface area (Å²) in [5, 5.41) is 12.1. The Hall–Kier alpha value is -3.17. The van der Waals surface area contributed by atoms with E-state index >= 15 is 0 Å². The third-order valence-corrected chi connectivity index (χ3v) is 5.80. The molecule has 1 heterocycles. The number of aliphatic hydroxyl groups excluding tert-OH is 1. The Labute approximate surface area is 170 Å². The highest BCUT2D eigenvalue weighted by Gasteiger charge is 2.28. The van der Waals surface area contributed by atoms with Crippen molar-refractivity contribution in [1.82, 2.24) is 4.98 Å². The van der Waals surface area contributed by atoms with Crippen LogP contribution < -0.4 is 4.74 Å². The Morgan fingerprint density at radius 2 is 1.72 bits per heavy atom. The average Bonchev–Trinajstić information content (AvgIpc) is 2.77. The first-order valence-electron chi connectivity index (χ1n) is 10.1. The molecule has 1 N–H and O–H groups in total. The smallest absolute Gasteiger partial charge is 0.219 e. The molecular formula is C26H23NO2. The van der Waals surface area contributed by atoms with E-state index in [4.69, 9.17) is 4.74 Å². The molecule has 0 bridgehead atoms. The quantitative estimate of drug-likeness (QED) is 0.481. The third kappa shape index (κ3) is 3.74. The molecular weight excluding hydrogens is 358 g/mol. The van der Waals surface area contributed by atoms with E-state index in [0.717, 1.165) is 35.7 Å². The number of fused-ring (bicyclic) bond motifs is 2. The topological polar surface area (TPSA) is 42.4 Å². The SMILES string of the molecule is OC1c2cc(Oc3ccc4ccccc4n3)ccc2CCC1Cc1ccccc1. The van der Waals surface area contributed by atoms with Gasteiger partial charge in [0.15, 0.2) is 0 Å². The fraction of sp³-hybridized carbons (Fsp3) is 0.192. The molecule has 0 radical (unpaired) electrons. The molecule has 0 aliphatic heterocycles. The van der Waals surface area contributed by atoms with Gasteiger partial charge in [-0.3, -0.25) is 0 Å². The number of aryl methyl sites for hydroxylation is 1. The van der Waals surface area contributed by atoms with Crippen molar-refractivity contribution in [3.8, 4) is 11.6 Å². The van der Waals surface area contributed by atoms with Gasteiger partial charge in [0.05, 0.1) is 11.6 Å². The first-order chi connectivity index (χ1) is 14.3. The summed E-state index contributed by atoms with van der Waals surface area (Å²) in [7, 11) is 0. The van der Waals surface area contributed by atoms with Gasteiger partial charge < -0.3 is 9.84 Å². The summed E-state index contributed by atoms with van der Waals surface area (Å²) in [4.78, 5) is 4.59. The van der Waals surface area contributed by atoms with E-state index in [9.17, 15) is 5.11 Å². The van der Waals surface area contributed by atoms with Crippen LogP contribution in [0.1, 0.15) is 29.2 Å². The molecule has 29 heavy (non-hydrogen) atoms. The monoisotopic (exact) mass is 381 g/mol. The number of nitrogens with zero attached hydrogens (tertiary/aromatic N) is 1. The summed E-state index contributed by atoms with van der Waals surface area (Å²) < 4.78 is 6.03. The fourth-order valence-corrected chi connectivity index (χ4v) is 4.25. The molecule has 1 aromatic heterocycles. The molecule has 0 saturated carbocycles. The summed E-state index contributed by atoms with van der Waals surface area (Å²) in [5.41, 5.74) is 4.37. The number of ether oxygens (including phenoxy) is 1. The van der Waals surface area contributed by atoms with Gasteiger partial charge in [0.2, 0.25) is 5.88 Å². The van der Waals surface area contributed by atoms with Crippen LogP contribution in [0.25, 0.3) is 10.9 Å². The molecule has 0 saturated heterocycles. The highest BCUT2D eigenvalue weighted by atomic mass is 16.5. The Balaban J connectivity index is 1.38. The zero-order valence-corrected chi connectivity index (χ0v) is 16.2. The Morgan fingerprint density at radius 3 is 2.62 bits per heavy atom. The number of rotatable bonds is 4. The first-order valence-corrected chi connectivity index (χ1v) is 10.1. The molecule has 2 atom stereocenters. The van der Waals surface area contributed by atoms with Crippen LogP contribution in [0.2, 0.25) is 0 Å². The normalized spacial score (nSPS) is 18.4. The molecule has 1 aliphatic rings. The fourth-order valence-electron chi connectivity index (χ4n) is 4.25. The molecule has 3 aromatic carbocycles. The van der Waals surface area contributed by atoms with Crippen LogP contribution in [0.4, 0.5) is 0 Å². The van der Waals surface area contributed by atoms with Gasteiger partial charge in [-0.05, 0) is 66.1 Å². The molecule has 4 aromatic rings. The molecule has 3 heteroatoms. The predicted molar refractivity (Wildman–Crippen MR) is 115 cm³/mol. The van der Waals surface area contributed by atoms with Gasteiger partial charge >= 0.3 is 0 Å². The minimum absolute atomic E-state index is 0.221. The van der Waals surface area contributed by atoms with E-state index in [2.05, 4.69) is 35.3 Å². The van der Waals surface area contributed by atoms with Gasteiger partial charge in [-0.2, -0.15) is 0 Å². The van der Waals surface area contributed by atoms with Crippen LogP contribution in [0.5, 0.6) is 11.6 Å². The standard InChI is InChI=1S/C26H23NO2/c28-26-21(16-18-6-2-1-3-7-18)11-10-19-12-14-22(17-23(19)26)29-25-15-13-20-8-4-5-9-24(20)27-25/h1-9,12-15,17,21,26,28H,10-11,16H2. The van der Waals surface area contributed by atoms with Crippen LogP contribution in [0.15, 0.2) is 84.9 Å². The van der Waals surface area contributed by atoms with E-state index in [0.29, 0.717) is 11.6 Å². The van der Waals surface area contributed by atoms with Crippen molar-refractivity contribution in [2.75, 3.05) is 0 Å². The number of hydrogen-bond acceptors (Lipinski definition) is 3. The summed E-state index contributed by atoms with van der Waals surface area (Å²) in [5.74, 6) is 1.50. The van der Waals surface area contributed by atoms with Crippen molar-refractivity contribution in [3.63, 3.8) is 0 Å². The third-order valence-electron chi connectivity index (χ3n) is 5.80. The maximum absolute atomic E-state index is 11.0. The summed E-state index contributed by atoms with van der Waals surface area (Å²) in [6.45, 7) is 0. The number of pyridine rings is 1. The van der Waals surface area contributed by atoms with Gasteiger partial charge in [-0.25, -0.2) is 4.98 Å². The van der Waals surface area contributed by atoms with E-state index in [-0.39, 0.29) is 5.92 Å². The van der Waals surface area contributed by atoms with Crippen molar-refractivity contribution in [2.45, 2.75) is 25.4 Å². The van der Waals surface area contributed by atoms with E-state index in [1.165, 1.54) is 11.1 Å². The molecule has 0 spiro atoms. The molecule has 0 fully saturated rings.